The Bertz CT molecular complexity index is 918. The number of hydrogen-bond acceptors (Lipinski definition) is 4. The van der Waals surface area contributed by atoms with E-state index in [1.807, 2.05) is 41.3 Å². The van der Waals surface area contributed by atoms with Gasteiger partial charge in [0.25, 0.3) is 0 Å². The molecule has 0 N–H and O–H groups in total. The van der Waals surface area contributed by atoms with Crippen molar-refractivity contribution < 1.29 is 13.9 Å². The Kier molecular flexibility index (Phi) is 4.63. The van der Waals surface area contributed by atoms with Gasteiger partial charge in [0.2, 0.25) is 5.91 Å². The lowest BCUT2D eigenvalue weighted by Crippen LogP contribution is -2.49. The number of methoxy groups -OCH3 is 1. The number of benzene rings is 2. The molecule has 0 spiro atoms. The van der Waals surface area contributed by atoms with Gasteiger partial charge in [-0.05, 0) is 41.5 Å². The summed E-state index contributed by atoms with van der Waals surface area (Å²) in [7, 11) is 1.66. The van der Waals surface area contributed by atoms with Crippen molar-refractivity contribution in [3.05, 3.63) is 65.9 Å². The molecule has 134 valence electrons. The summed E-state index contributed by atoms with van der Waals surface area (Å²) >= 11 is 0. The number of furan rings is 1. The fourth-order valence-electron chi connectivity index (χ4n) is 3.42. The number of rotatable bonds is 5. The molecule has 0 atom stereocenters. The lowest BCUT2D eigenvalue weighted by atomic mass is 10.1. The maximum absolute atomic E-state index is 12.6. The molecular weight excluding hydrogens is 328 g/mol. The Hall–Kier alpha value is -2.79. The highest BCUT2D eigenvalue weighted by Crippen LogP contribution is 2.20. The summed E-state index contributed by atoms with van der Waals surface area (Å²) in [5, 5.41) is 1.10. The number of carbonyl (C=O) groups is 1. The Balaban J connectivity index is 1.37. The van der Waals surface area contributed by atoms with Crippen LogP contribution in [0.1, 0.15) is 11.1 Å². The van der Waals surface area contributed by atoms with E-state index in [1.165, 1.54) is 5.56 Å². The minimum Gasteiger partial charge on any atom is -0.497 e. The van der Waals surface area contributed by atoms with Gasteiger partial charge >= 0.3 is 0 Å². The molecule has 1 fully saturated rings. The van der Waals surface area contributed by atoms with E-state index in [-0.39, 0.29) is 5.91 Å². The van der Waals surface area contributed by atoms with Crippen LogP contribution in [-0.4, -0.2) is 42.5 Å². The van der Waals surface area contributed by atoms with E-state index in [2.05, 4.69) is 17.0 Å². The molecule has 2 aromatic carbocycles. The van der Waals surface area contributed by atoms with Gasteiger partial charge in [-0.15, -0.1) is 0 Å². The summed E-state index contributed by atoms with van der Waals surface area (Å²) in [6, 6.07) is 16.1. The zero-order valence-corrected chi connectivity index (χ0v) is 14.9. The Morgan fingerprint density at radius 2 is 1.92 bits per heavy atom. The highest BCUT2D eigenvalue weighted by molar-refractivity contribution is 5.79. The summed E-state index contributed by atoms with van der Waals surface area (Å²) in [4.78, 5) is 16.7. The Morgan fingerprint density at radius 1 is 1.04 bits per heavy atom. The smallest absolute Gasteiger partial charge is 0.237 e. The summed E-state index contributed by atoms with van der Waals surface area (Å²) in [5.74, 6) is 0.992. The molecule has 1 saturated heterocycles. The zero-order chi connectivity index (χ0) is 17.9. The van der Waals surface area contributed by atoms with Crippen LogP contribution < -0.4 is 4.74 Å². The minimum atomic E-state index is 0.170. The van der Waals surface area contributed by atoms with E-state index >= 15 is 0 Å². The number of nitrogens with zero attached hydrogens (tertiary/aromatic N) is 2. The molecule has 3 aromatic rings. The molecule has 0 unspecified atom stereocenters. The monoisotopic (exact) mass is 350 g/mol. The van der Waals surface area contributed by atoms with Gasteiger partial charge in [0.15, 0.2) is 0 Å². The van der Waals surface area contributed by atoms with Gasteiger partial charge in [0.05, 0.1) is 19.9 Å². The summed E-state index contributed by atoms with van der Waals surface area (Å²) in [5.41, 5.74) is 3.19. The average molecular weight is 350 g/mol. The second-order valence-electron chi connectivity index (χ2n) is 6.67. The minimum absolute atomic E-state index is 0.170. The predicted octanol–water partition coefficient (Wildman–Crippen LogP) is 3.29. The van der Waals surface area contributed by atoms with Crippen LogP contribution in [0.25, 0.3) is 11.0 Å². The molecule has 4 rings (SSSR count). The topological polar surface area (TPSA) is 45.9 Å². The third kappa shape index (κ3) is 3.58. The lowest BCUT2D eigenvalue weighted by molar-refractivity contribution is -0.136. The van der Waals surface area contributed by atoms with E-state index in [4.69, 9.17) is 9.15 Å². The second kappa shape index (κ2) is 7.22. The maximum atomic E-state index is 12.6. The molecule has 5 nitrogen and oxygen atoms in total. The van der Waals surface area contributed by atoms with Crippen molar-refractivity contribution in [1.82, 2.24) is 9.80 Å². The first-order valence-electron chi connectivity index (χ1n) is 8.80. The van der Waals surface area contributed by atoms with E-state index in [9.17, 15) is 4.79 Å². The molecular formula is C21H22N2O3. The second-order valence-corrected chi connectivity index (χ2v) is 6.67. The number of fused-ring (bicyclic) bond motifs is 1. The number of amides is 1. The van der Waals surface area contributed by atoms with Crippen LogP contribution in [0.2, 0.25) is 0 Å². The molecule has 1 aromatic heterocycles. The van der Waals surface area contributed by atoms with E-state index in [0.717, 1.165) is 41.9 Å². The predicted molar refractivity (Wildman–Crippen MR) is 99.9 cm³/mol. The van der Waals surface area contributed by atoms with Crippen LogP contribution in [0.15, 0.2) is 59.2 Å². The third-order valence-corrected chi connectivity index (χ3v) is 4.83. The van der Waals surface area contributed by atoms with Crippen molar-refractivity contribution in [2.45, 2.75) is 13.1 Å². The van der Waals surface area contributed by atoms with Crippen LogP contribution in [0.4, 0.5) is 0 Å². The van der Waals surface area contributed by atoms with Crippen LogP contribution in [0, 0.1) is 0 Å². The molecule has 1 aliphatic heterocycles. The average Bonchev–Trinajstić information content (AvgIpc) is 3.12. The van der Waals surface area contributed by atoms with E-state index < -0.39 is 0 Å². The molecule has 0 bridgehead atoms. The van der Waals surface area contributed by atoms with E-state index in [0.29, 0.717) is 13.1 Å². The van der Waals surface area contributed by atoms with Crippen molar-refractivity contribution in [2.24, 2.45) is 0 Å². The molecule has 0 aliphatic carbocycles. The van der Waals surface area contributed by atoms with Gasteiger partial charge in [-0.3, -0.25) is 9.69 Å². The molecule has 1 amide bonds. The largest absolute Gasteiger partial charge is 0.497 e. The van der Waals surface area contributed by atoms with Gasteiger partial charge in [-0.2, -0.15) is 0 Å². The molecule has 0 saturated carbocycles. The molecule has 26 heavy (non-hydrogen) atoms. The van der Waals surface area contributed by atoms with Gasteiger partial charge in [-0.1, -0.05) is 18.2 Å². The number of ether oxygens (including phenoxy) is 1. The van der Waals surface area contributed by atoms with Crippen molar-refractivity contribution in [3.63, 3.8) is 0 Å². The first kappa shape index (κ1) is 16.7. The first-order valence-corrected chi connectivity index (χ1v) is 8.80. The van der Waals surface area contributed by atoms with Crippen LogP contribution in [0.3, 0.4) is 0 Å². The fourth-order valence-corrected chi connectivity index (χ4v) is 3.42. The van der Waals surface area contributed by atoms with Gasteiger partial charge in [-0.25, -0.2) is 0 Å². The zero-order valence-electron chi connectivity index (χ0n) is 14.9. The van der Waals surface area contributed by atoms with Crippen LogP contribution in [0.5, 0.6) is 5.75 Å². The van der Waals surface area contributed by atoms with Crippen molar-refractivity contribution in [3.8, 4) is 5.75 Å². The highest BCUT2D eigenvalue weighted by atomic mass is 16.5. The standard InChI is InChI=1S/C21H22N2O3/c1-25-19-4-2-3-16(12-19)14-23-9-8-22(15-21(23)24)13-17-5-6-20-18(11-17)7-10-26-20/h2-7,10-12H,8-9,13-15H2,1H3. The number of carbonyl (C=O) groups excluding carboxylic acids is 1. The summed E-state index contributed by atoms with van der Waals surface area (Å²) in [6.07, 6.45) is 1.70. The van der Waals surface area contributed by atoms with Crippen molar-refractivity contribution >= 4 is 16.9 Å². The number of hydrogen-bond donors (Lipinski definition) is 0. The highest BCUT2D eigenvalue weighted by Gasteiger charge is 2.24. The fraction of sp³-hybridized carbons (Fsp3) is 0.286. The summed E-state index contributed by atoms with van der Waals surface area (Å²) < 4.78 is 10.6. The molecule has 0 radical (unpaired) electrons. The number of piperazine rings is 1. The molecule has 2 heterocycles. The Morgan fingerprint density at radius 3 is 2.77 bits per heavy atom. The van der Waals surface area contributed by atoms with Crippen LogP contribution in [-0.2, 0) is 17.9 Å². The first-order chi connectivity index (χ1) is 12.7. The maximum Gasteiger partial charge on any atom is 0.237 e. The third-order valence-electron chi connectivity index (χ3n) is 4.83. The lowest BCUT2D eigenvalue weighted by Gasteiger charge is -2.34. The van der Waals surface area contributed by atoms with Crippen molar-refractivity contribution in [1.29, 1.82) is 0 Å². The molecule has 1 aliphatic rings. The van der Waals surface area contributed by atoms with Gasteiger partial charge in [0.1, 0.15) is 11.3 Å². The molecule has 5 heteroatoms. The van der Waals surface area contributed by atoms with Gasteiger partial charge in [0, 0.05) is 31.6 Å². The normalized spacial score (nSPS) is 15.6. The Labute approximate surface area is 152 Å². The SMILES string of the molecule is COc1cccc(CN2CCN(Cc3ccc4occc4c3)CC2=O)c1. The van der Waals surface area contributed by atoms with Crippen molar-refractivity contribution in [2.75, 3.05) is 26.7 Å². The van der Waals surface area contributed by atoms with E-state index in [1.54, 1.807) is 13.4 Å². The van der Waals surface area contributed by atoms with Gasteiger partial charge < -0.3 is 14.1 Å². The van der Waals surface area contributed by atoms with Crippen LogP contribution >= 0.6 is 0 Å². The summed E-state index contributed by atoms with van der Waals surface area (Å²) in [6.45, 7) is 3.47. The quantitative estimate of drug-likeness (QED) is 0.708.